The van der Waals surface area contributed by atoms with Crippen molar-refractivity contribution < 1.29 is 22.7 Å². The lowest BCUT2D eigenvalue weighted by molar-refractivity contribution is 0.188. The van der Waals surface area contributed by atoms with Crippen molar-refractivity contribution in [2.24, 2.45) is 0 Å². The molecule has 0 bridgehead atoms. The van der Waals surface area contributed by atoms with Gasteiger partial charge in [0.1, 0.15) is 16.3 Å². The Labute approximate surface area is 67.0 Å². The van der Waals surface area contributed by atoms with Crippen molar-refractivity contribution in [1.82, 2.24) is 0 Å². The molecule has 0 saturated carbocycles. The van der Waals surface area contributed by atoms with Crippen molar-refractivity contribution >= 4 is 24.1 Å². The van der Waals surface area contributed by atoms with E-state index in [0.29, 0.717) is 6.42 Å². The number of phosphoric acid groups is 1. The molecule has 0 aliphatic rings. The topological polar surface area (TPSA) is 76.0 Å². The molecule has 0 radical (unpaired) electrons. The highest BCUT2D eigenvalue weighted by Gasteiger charge is 2.18. The van der Waals surface area contributed by atoms with Gasteiger partial charge < -0.3 is 10.00 Å². The van der Waals surface area contributed by atoms with Crippen molar-refractivity contribution in [3.8, 4) is 0 Å². The normalized spacial score (nSPS) is 16.7. The van der Waals surface area contributed by atoms with E-state index >= 15 is 0 Å². The average Bonchev–Trinajstić information content (AvgIpc) is 1.89. The van der Waals surface area contributed by atoms with Crippen LogP contribution in [0.25, 0.3) is 0 Å². The monoisotopic (exact) mass is 234 g/mol. The van der Waals surface area contributed by atoms with Crippen LogP contribution in [0.2, 0.25) is 0 Å². The molecule has 0 saturated heterocycles. The van der Waals surface area contributed by atoms with Gasteiger partial charge in [-0.25, -0.2) is 8.18 Å². The maximum atomic E-state index is 10.4. The Balaban J connectivity index is 3.38. The zero-order chi connectivity index (χ0) is 8.04. The number of aliphatic hydroxyl groups is 1. The largest absolute Gasteiger partial charge is 0.483 e. The van der Waals surface area contributed by atoms with Gasteiger partial charge in [0.15, 0.2) is 0 Å². The standard InChI is InChI=1S/C3H8BrO5P/c4-9-10(6,7)8-3-1-2-5/h5H,1-3H2,(H,6,7). The minimum atomic E-state index is -3.90. The molecule has 2 N–H and O–H groups in total. The van der Waals surface area contributed by atoms with Gasteiger partial charge >= 0.3 is 7.82 Å². The van der Waals surface area contributed by atoms with Crippen LogP contribution in [-0.4, -0.2) is 23.2 Å². The molecule has 0 aliphatic heterocycles. The predicted octanol–water partition coefficient (Wildman–Crippen LogP) is 0.812. The van der Waals surface area contributed by atoms with Crippen molar-refractivity contribution in [1.29, 1.82) is 0 Å². The quantitative estimate of drug-likeness (QED) is 0.544. The van der Waals surface area contributed by atoms with Crippen molar-refractivity contribution in [2.45, 2.75) is 6.42 Å². The van der Waals surface area contributed by atoms with Crippen molar-refractivity contribution in [3.63, 3.8) is 0 Å². The third-order valence-corrected chi connectivity index (χ3v) is 2.43. The fourth-order valence-corrected chi connectivity index (χ4v) is 0.915. The number of phosphoric ester groups is 1. The summed E-state index contributed by atoms with van der Waals surface area (Å²) < 4.78 is 18.6. The van der Waals surface area contributed by atoms with E-state index in [2.05, 4.69) is 24.4 Å². The molecule has 0 spiro atoms. The first kappa shape index (κ1) is 10.6. The number of rotatable bonds is 5. The summed E-state index contributed by atoms with van der Waals surface area (Å²) in [4.78, 5) is 8.53. The van der Waals surface area contributed by atoms with E-state index in [1.54, 1.807) is 0 Å². The van der Waals surface area contributed by atoms with Crippen molar-refractivity contribution in [2.75, 3.05) is 13.2 Å². The number of hydrogen-bond acceptors (Lipinski definition) is 4. The predicted molar refractivity (Wildman–Crippen MR) is 37.5 cm³/mol. The lowest BCUT2D eigenvalue weighted by Gasteiger charge is -2.05. The molecular weight excluding hydrogens is 227 g/mol. The van der Waals surface area contributed by atoms with E-state index < -0.39 is 7.82 Å². The molecule has 0 aliphatic carbocycles. The molecule has 0 amide bonds. The highest BCUT2D eigenvalue weighted by molar-refractivity contribution is 9.06. The number of aliphatic hydroxyl groups excluding tert-OH is 1. The van der Waals surface area contributed by atoms with Gasteiger partial charge in [0, 0.05) is 6.61 Å². The molecule has 0 aromatic heterocycles. The first-order chi connectivity index (χ1) is 4.62. The third kappa shape index (κ3) is 5.34. The van der Waals surface area contributed by atoms with Crippen LogP contribution < -0.4 is 0 Å². The first-order valence-electron chi connectivity index (χ1n) is 2.51. The SMILES string of the molecule is O=P(O)(OBr)OCCCO. The summed E-state index contributed by atoms with van der Waals surface area (Å²) in [5, 5.41) is 8.23. The number of hydrogen-bond donors (Lipinski definition) is 2. The van der Waals surface area contributed by atoms with Gasteiger partial charge in [-0.05, 0) is 6.42 Å². The zero-order valence-electron chi connectivity index (χ0n) is 5.07. The molecule has 0 fully saturated rings. The summed E-state index contributed by atoms with van der Waals surface area (Å²) in [6.07, 6.45) is 0.306. The third-order valence-electron chi connectivity index (χ3n) is 0.644. The Kier molecular flexibility index (Phi) is 5.52. The van der Waals surface area contributed by atoms with E-state index in [1.165, 1.54) is 0 Å². The molecule has 0 aromatic carbocycles. The second-order valence-corrected chi connectivity index (χ2v) is 3.65. The lowest BCUT2D eigenvalue weighted by Crippen LogP contribution is -1.94. The molecule has 10 heavy (non-hydrogen) atoms. The molecule has 0 aromatic rings. The van der Waals surface area contributed by atoms with Gasteiger partial charge in [-0.3, -0.25) is 4.52 Å². The van der Waals surface area contributed by atoms with Gasteiger partial charge in [-0.15, -0.1) is 0 Å². The minimum Gasteiger partial charge on any atom is -0.396 e. The summed E-state index contributed by atoms with van der Waals surface area (Å²) >= 11 is 2.32. The van der Waals surface area contributed by atoms with Crippen LogP contribution in [0.15, 0.2) is 0 Å². The van der Waals surface area contributed by atoms with Crippen LogP contribution in [0.4, 0.5) is 0 Å². The van der Waals surface area contributed by atoms with Crippen LogP contribution in [-0.2, 0) is 12.7 Å². The Morgan fingerprint density at radius 3 is 2.60 bits per heavy atom. The van der Waals surface area contributed by atoms with Crippen molar-refractivity contribution in [3.05, 3.63) is 0 Å². The Hall–Kier alpha value is 0.550. The lowest BCUT2D eigenvalue weighted by atomic mass is 10.5. The highest BCUT2D eigenvalue weighted by atomic mass is 79.9. The fourth-order valence-electron chi connectivity index (χ4n) is 0.264. The van der Waals surface area contributed by atoms with E-state index in [1.807, 2.05) is 0 Å². The second-order valence-electron chi connectivity index (χ2n) is 1.45. The summed E-state index contributed by atoms with van der Waals surface area (Å²) in [5.41, 5.74) is 0. The Morgan fingerprint density at radius 1 is 1.60 bits per heavy atom. The summed E-state index contributed by atoms with van der Waals surface area (Å²) in [6.45, 7) is -0.0852. The highest BCUT2D eigenvalue weighted by Crippen LogP contribution is 2.45. The smallest absolute Gasteiger partial charge is 0.396 e. The van der Waals surface area contributed by atoms with E-state index in [-0.39, 0.29) is 13.2 Å². The van der Waals surface area contributed by atoms with Gasteiger partial charge in [0.2, 0.25) is 0 Å². The van der Waals surface area contributed by atoms with Crippen LogP contribution in [0.1, 0.15) is 6.42 Å². The minimum absolute atomic E-state index is 0.00409. The molecule has 5 nitrogen and oxygen atoms in total. The van der Waals surface area contributed by atoms with Gasteiger partial charge in [0.25, 0.3) is 0 Å². The molecule has 1 unspecified atom stereocenters. The molecule has 62 valence electrons. The summed E-state index contributed by atoms with van der Waals surface area (Å²) in [5.74, 6) is 0. The van der Waals surface area contributed by atoms with Gasteiger partial charge in [0.05, 0.1) is 6.61 Å². The molecule has 1 atom stereocenters. The average molecular weight is 235 g/mol. The first-order valence-corrected chi connectivity index (χ1v) is 4.65. The molecule has 0 heterocycles. The van der Waals surface area contributed by atoms with E-state index in [0.717, 1.165) is 0 Å². The van der Waals surface area contributed by atoms with Crippen LogP contribution in [0.3, 0.4) is 0 Å². The Morgan fingerprint density at radius 2 is 2.20 bits per heavy atom. The van der Waals surface area contributed by atoms with Gasteiger partial charge in [-0.1, -0.05) is 0 Å². The van der Waals surface area contributed by atoms with E-state index in [4.69, 9.17) is 10.00 Å². The number of halogens is 1. The Bertz CT molecular complexity index is 128. The fraction of sp³-hybridized carbons (Fsp3) is 1.00. The van der Waals surface area contributed by atoms with Crippen LogP contribution >= 0.6 is 24.1 Å². The van der Waals surface area contributed by atoms with Gasteiger partial charge in [-0.2, -0.15) is 0 Å². The molecule has 7 heteroatoms. The maximum Gasteiger partial charge on any atom is 0.483 e. The summed E-state index contributed by atoms with van der Waals surface area (Å²) in [7, 11) is -3.90. The zero-order valence-corrected chi connectivity index (χ0v) is 7.55. The van der Waals surface area contributed by atoms with Crippen LogP contribution in [0.5, 0.6) is 0 Å². The second kappa shape index (κ2) is 5.23. The van der Waals surface area contributed by atoms with Crippen LogP contribution in [0, 0.1) is 0 Å². The maximum absolute atomic E-state index is 10.4. The molecular formula is C3H8BrO5P. The van der Waals surface area contributed by atoms with E-state index in [9.17, 15) is 4.57 Å². The summed E-state index contributed by atoms with van der Waals surface area (Å²) in [6, 6.07) is 0. The molecule has 0 rings (SSSR count).